The zero-order valence-corrected chi connectivity index (χ0v) is 12.8. The molecule has 8 nitrogen and oxygen atoms in total. The third kappa shape index (κ3) is 4.35. The molecule has 1 heterocycles. The fourth-order valence-corrected chi connectivity index (χ4v) is 1.86. The van der Waals surface area contributed by atoms with Crippen LogP contribution >= 0.6 is 0 Å². The van der Waals surface area contributed by atoms with Gasteiger partial charge in [0.1, 0.15) is 6.61 Å². The van der Waals surface area contributed by atoms with Gasteiger partial charge in [-0.2, -0.15) is 0 Å². The summed E-state index contributed by atoms with van der Waals surface area (Å²) in [4.78, 5) is 35.0. The Morgan fingerprint density at radius 2 is 2.00 bits per heavy atom. The van der Waals surface area contributed by atoms with Gasteiger partial charge in [0.05, 0.1) is 0 Å². The first kappa shape index (κ1) is 16.6. The van der Waals surface area contributed by atoms with E-state index >= 15 is 0 Å². The van der Waals surface area contributed by atoms with E-state index in [0.717, 1.165) is 0 Å². The summed E-state index contributed by atoms with van der Waals surface area (Å²) < 4.78 is 15.9. The van der Waals surface area contributed by atoms with E-state index in [2.05, 4.69) is 10.6 Å². The number of amides is 3. The Balaban J connectivity index is 1.87. The van der Waals surface area contributed by atoms with Gasteiger partial charge in [-0.1, -0.05) is 12.1 Å². The molecule has 1 aliphatic heterocycles. The summed E-state index contributed by atoms with van der Waals surface area (Å²) in [6, 6.07) is 6.28. The van der Waals surface area contributed by atoms with Gasteiger partial charge in [-0.25, -0.2) is 9.59 Å². The van der Waals surface area contributed by atoms with Gasteiger partial charge in [0.25, 0.3) is 5.91 Å². The highest BCUT2D eigenvalue weighted by molar-refractivity contribution is 5.97. The smallest absolute Gasteiger partial charge is 0.351 e. The van der Waals surface area contributed by atoms with Gasteiger partial charge >= 0.3 is 12.0 Å². The average molecular weight is 322 g/mol. The molecule has 1 aromatic carbocycles. The number of urea groups is 1. The number of rotatable bonds is 4. The number of imide groups is 1. The zero-order chi connectivity index (χ0) is 16.8. The number of carbonyl (C=O) groups excluding carboxylic acids is 3. The lowest BCUT2D eigenvalue weighted by atomic mass is 10.2. The van der Waals surface area contributed by atoms with E-state index in [1.807, 2.05) is 0 Å². The quantitative estimate of drug-likeness (QED) is 0.787. The number of hydrogen-bond donors (Lipinski definition) is 2. The maximum absolute atomic E-state index is 12.0. The summed E-state index contributed by atoms with van der Waals surface area (Å²) in [7, 11) is 0. The number of esters is 1. The lowest BCUT2D eigenvalue weighted by molar-refractivity contribution is -0.163. The van der Waals surface area contributed by atoms with Crippen molar-refractivity contribution in [1.29, 1.82) is 0 Å². The minimum absolute atomic E-state index is 0.0134. The van der Waals surface area contributed by atoms with Gasteiger partial charge in [0, 0.05) is 6.54 Å². The first-order chi connectivity index (χ1) is 11.0. The van der Waals surface area contributed by atoms with Crippen LogP contribution in [-0.4, -0.2) is 43.3 Å². The first-order valence-corrected chi connectivity index (χ1v) is 7.19. The third-order valence-electron chi connectivity index (χ3n) is 3.01. The van der Waals surface area contributed by atoms with Gasteiger partial charge in [-0.15, -0.1) is 0 Å². The summed E-state index contributed by atoms with van der Waals surface area (Å²) >= 11 is 0. The predicted octanol–water partition coefficient (Wildman–Crippen LogP) is 0.604. The highest BCUT2D eigenvalue weighted by Crippen LogP contribution is 2.31. The van der Waals surface area contributed by atoms with Crippen LogP contribution in [0.15, 0.2) is 24.3 Å². The summed E-state index contributed by atoms with van der Waals surface area (Å²) in [5, 5.41) is 4.47. The van der Waals surface area contributed by atoms with Crippen molar-refractivity contribution in [2.75, 3.05) is 13.2 Å². The van der Waals surface area contributed by atoms with Crippen LogP contribution in [0.5, 0.6) is 11.5 Å². The third-order valence-corrected chi connectivity index (χ3v) is 3.01. The minimum atomic E-state index is -1.13. The summed E-state index contributed by atoms with van der Waals surface area (Å²) in [6.07, 6.45) is -2.10. The fourth-order valence-electron chi connectivity index (χ4n) is 1.86. The molecule has 3 amide bonds. The van der Waals surface area contributed by atoms with Crippen LogP contribution in [0.3, 0.4) is 0 Å². The van der Waals surface area contributed by atoms with Gasteiger partial charge < -0.3 is 19.5 Å². The van der Waals surface area contributed by atoms with E-state index in [1.54, 1.807) is 31.2 Å². The molecule has 2 unspecified atom stereocenters. The number of benzene rings is 1. The van der Waals surface area contributed by atoms with E-state index in [0.29, 0.717) is 18.0 Å². The molecular formula is C15H18N2O6. The Bertz CT molecular complexity index is 603. The van der Waals surface area contributed by atoms with E-state index in [4.69, 9.17) is 14.2 Å². The molecule has 0 saturated heterocycles. The monoisotopic (exact) mass is 322 g/mol. The number of carbonyl (C=O) groups is 3. The highest BCUT2D eigenvalue weighted by atomic mass is 16.6. The Kier molecular flexibility index (Phi) is 5.40. The molecule has 0 bridgehead atoms. The van der Waals surface area contributed by atoms with E-state index in [1.165, 1.54) is 6.92 Å². The van der Waals surface area contributed by atoms with Gasteiger partial charge in [-0.05, 0) is 26.0 Å². The van der Waals surface area contributed by atoms with Crippen molar-refractivity contribution >= 4 is 17.9 Å². The topological polar surface area (TPSA) is 103 Å². The van der Waals surface area contributed by atoms with Crippen LogP contribution in [0.25, 0.3) is 0 Å². The molecule has 1 aromatic rings. The summed E-state index contributed by atoms with van der Waals surface area (Å²) in [6.45, 7) is 3.44. The van der Waals surface area contributed by atoms with Crippen molar-refractivity contribution in [2.24, 2.45) is 0 Å². The lowest BCUT2D eigenvalue weighted by Crippen LogP contribution is -2.46. The van der Waals surface area contributed by atoms with Crippen molar-refractivity contribution in [3.63, 3.8) is 0 Å². The van der Waals surface area contributed by atoms with Gasteiger partial charge in [-0.3, -0.25) is 10.1 Å². The maximum atomic E-state index is 12.0. The molecule has 2 rings (SSSR count). The van der Waals surface area contributed by atoms with Crippen molar-refractivity contribution in [3.05, 3.63) is 24.3 Å². The number of ether oxygens (including phenoxy) is 3. The largest absolute Gasteiger partial charge is 0.485 e. The Labute approximate surface area is 133 Å². The van der Waals surface area contributed by atoms with Gasteiger partial charge in [0.2, 0.25) is 6.10 Å². The van der Waals surface area contributed by atoms with E-state index < -0.39 is 30.1 Å². The molecule has 0 aliphatic carbocycles. The molecule has 2 atom stereocenters. The normalized spacial score (nSPS) is 16.9. The second-order valence-corrected chi connectivity index (χ2v) is 4.79. The Morgan fingerprint density at radius 3 is 2.70 bits per heavy atom. The second kappa shape index (κ2) is 7.48. The average Bonchev–Trinajstić information content (AvgIpc) is 2.54. The first-order valence-electron chi connectivity index (χ1n) is 7.19. The summed E-state index contributed by atoms with van der Waals surface area (Å²) in [5.74, 6) is -0.488. The molecule has 2 N–H and O–H groups in total. The molecule has 1 aliphatic rings. The number of nitrogens with one attached hydrogen (secondary N) is 2. The Morgan fingerprint density at radius 1 is 1.30 bits per heavy atom. The van der Waals surface area contributed by atoms with Crippen LogP contribution in [0.1, 0.15) is 13.8 Å². The molecular weight excluding hydrogens is 304 g/mol. The van der Waals surface area contributed by atoms with Crippen LogP contribution in [-0.2, 0) is 14.3 Å². The summed E-state index contributed by atoms with van der Waals surface area (Å²) in [5.41, 5.74) is 0. The molecule has 0 fully saturated rings. The molecule has 0 aromatic heterocycles. The fraction of sp³-hybridized carbons (Fsp3) is 0.400. The maximum Gasteiger partial charge on any atom is 0.351 e. The van der Waals surface area contributed by atoms with Crippen LogP contribution in [0.4, 0.5) is 4.79 Å². The highest BCUT2D eigenvalue weighted by Gasteiger charge is 2.31. The standard InChI is InChI=1S/C15H18N2O6/c1-3-16-15(20)17-13(18)9(2)22-14(19)12-8-21-10-6-4-5-7-11(10)23-12/h4-7,9,12H,3,8H2,1-2H3,(H2,16,17,18,20). The van der Waals surface area contributed by atoms with Crippen LogP contribution in [0.2, 0.25) is 0 Å². The van der Waals surface area contributed by atoms with E-state index in [-0.39, 0.29) is 6.61 Å². The van der Waals surface area contributed by atoms with Crippen LogP contribution in [0, 0.1) is 0 Å². The van der Waals surface area contributed by atoms with Crippen molar-refractivity contribution in [3.8, 4) is 11.5 Å². The zero-order valence-electron chi connectivity index (χ0n) is 12.8. The van der Waals surface area contributed by atoms with E-state index in [9.17, 15) is 14.4 Å². The second-order valence-electron chi connectivity index (χ2n) is 4.79. The van der Waals surface area contributed by atoms with Gasteiger partial charge in [0.15, 0.2) is 17.6 Å². The van der Waals surface area contributed by atoms with Crippen molar-refractivity contribution in [2.45, 2.75) is 26.1 Å². The SMILES string of the molecule is CCNC(=O)NC(=O)C(C)OC(=O)C1COc2ccccc2O1. The van der Waals surface area contributed by atoms with Crippen molar-refractivity contribution < 1.29 is 28.6 Å². The van der Waals surface area contributed by atoms with Crippen molar-refractivity contribution in [1.82, 2.24) is 10.6 Å². The molecule has 124 valence electrons. The number of fused-ring (bicyclic) bond motifs is 1. The molecule has 0 radical (unpaired) electrons. The molecule has 8 heteroatoms. The number of para-hydroxylation sites is 2. The Hall–Kier alpha value is -2.77. The minimum Gasteiger partial charge on any atom is -0.485 e. The molecule has 23 heavy (non-hydrogen) atoms. The van der Waals surface area contributed by atoms with Crippen LogP contribution < -0.4 is 20.1 Å². The predicted molar refractivity (Wildman–Crippen MR) is 79.1 cm³/mol. The lowest BCUT2D eigenvalue weighted by Gasteiger charge is -2.25. The molecule has 0 spiro atoms. The number of hydrogen-bond acceptors (Lipinski definition) is 6. The molecule has 0 saturated carbocycles.